The Labute approximate surface area is 159 Å². The highest BCUT2D eigenvalue weighted by Crippen LogP contribution is 2.29. The molecular weight excluding hydrogens is 344 g/mol. The van der Waals surface area contributed by atoms with Crippen molar-refractivity contribution in [3.63, 3.8) is 0 Å². The molecule has 0 radical (unpaired) electrons. The first-order chi connectivity index (χ1) is 12.9. The molecule has 0 spiro atoms. The first-order valence-electron chi connectivity index (χ1n) is 9.75. The lowest BCUT2D eigenvalue weighted by atomic mass is 9.78. The van der Waals surface area contributed by atoms with Crippen LogP contribution in [0.25, 0.3) is 11.0 Å². The summed E-state index contributed by atoms with van der Waals surface area (Å²) < 4.78 is 7.13. The van der Waals surface area contributed by atoms with Gasteiger partial charge in [-0.25, -0.2) is 9.48 Å². The predicted molar refractivity (Wildman–Crippen MR) is 102 cm³/mol. The number of rotatable bonds is 5. The standard InChI is InChI=1S/C20H28N4O3/c1-5-24-18-10-9-15(11-17(18)22-23-24)20(26)27-14(4)19(25)21-16-8-6-7-12(2)13(16)3/h9-14,16H,5-8H2,1-4H3,(H,21,25). The smallest absolute Gasteiger partial charge is 0.338 e. The van der Waals surface area contributed by atoms with Gasteiger partial charge in [0.15, 0.2) is 6.10 Å². The molecule has 0 bridgehead atoms. The number of hydrogen-bond acceptors (Lipinski definition) is 5. The fourth-order valence-electron chi connectivity index (χ4n) is 3.70. The van der Waals surface area contributed by atoms with Gasteiger partial charge in [0.05, 0.1) is 11.1 Å². The normalized spacial score (nSPS) is 23.8. The Morgan fingerprint density at radius 1 is 1.33 bits per heavy atom. The van der Waals surface area contributed by atoms with E-state index in [2.05, 4.69) is 29.5 Å². The summed E-state index contributed by atoms with van der Waals surface area (Å²) in [5.41, 5.74) is 1.86. The van der Waals surface area contributed by atoms with Gasteiger partial charge in [-0.2, -0.15) is 0 Å². The zero-order valence-electron chi connectivity index (χ0n) is 16.4. The van der Waals surface area contributed by atoms with Gasteiger partial charge in [0, 0.05) is 12.6 Å². The molecule has 0 aliphatic heterocycles. The van der Waals surface area contributed by atoms with Crippen molar-refractivity contribution in [3.05, 3.63) is 23.8 Å². The summed E-state index contributed by atoms with van der Waals surface area (Å²) in [6, 6.07) is 5.26. The topological polar surface area (TPSA) is 86.1 Å². The van der Waals surface area contributed by atoms with Gasteiger partial charge in [0.1, 0.15) is 5.52 Å². The van der Waals surface area contributed by atoms with Crippen LogP contribution in [0.2, 0.25) is 0 Å². The number of aromatic nitrogens is 3. The van der Waals surface area contributed by atoms with Crippen LogP contribution in [-0.2, 0) is 16.1 Å². The molecule has 1 fully saturated rings. The molecule has 0 saturated heterocycles. The van der Waals surface area contributed by atoms with Crippen molar-refractivity contribution in [1.82, 2.24) is 20.3 Å². The lowest BCUT2D eigenvalue weighted by molar-refractivity contribution is -0.130. The number of benzene rings is 1. The van der Waals surface area contributed by atoms with E-state index in [1.54, 1.807) is 29.8 Å². The van der Waals surface area contributed by atoms with Crippen molar-refractivity contribution >= 4 is 22.9 Å². The van der Waals surface area contributed by atoms with E-state index in [1.165, 1.54) is 6.42 Å². The molecule has 7 nitrogen and oxygen atoms in total. The lowest BCUT2D eigenvalue weighted by Gasteiger charge is -2.35. The number of nitrogens with one attached hydrogen (secondary N) is 1. The third-order valence-corrected chi connectivity index (χ3v) is 5.74. The summed E-state index contributed by atoms with van der Waals surface area (Å²) in [5, 5.41) is 11.2. The van der Waals surface area contributed by atoms with Crippen molar-refractivity contribution in [2.24, 2.45) is 11.8 Å². The Morgan fingerprint density at radius 3 is 2.85 bits per heavy atom. The third kappa shape index (κ3) is 4.12. The summed E-state index contributed by atoms with van der Waals surface area (Å²) in [4.78, 5) is 24.9. The molecule has 1 saturated carbocycles. The molecular formula is C20H28N4O3. The molecule has 1 aromatic heterocycles. The van der Waals surface area contributed by atoms with E-state index in [0.29, 0.717) is 29.5 Å². The third-order valence-electron chi connectivity index (χ3n) is 5.74. The van der Waals surface area contributed by atoms with Crippen LogP contribution in [-0.4, -0.2) is 39.0 Å². The average Bonchev–Trinajstić information content (AvgIpc) is 3.07. The van der Waals surface area contributed by atoms with Crippen LogP contribution in [0.1, 0.15) is 57.3 Å². The first-order valence-corrected chi connectivity index (χ1v) is 9.75. The maximum atomic E-state index is 12.5. The molecule has 1 aliphatic carbocycles. The van der Waals surface area contributed by atoms with Gasteiger partial charge in [-0.05, 0) is 50.3 Å². The molecule has 1 aliphatic rings. The van der Waals surface area contributed by atoms with E-state index in [-0.39, 0.29) is 11.9 Å². The monoisotopic (exact) mass is 372 g/mol. The minimum atomic E-state index is -0.844. The number of carbonyl (C=O) groups excluding carboxylic acids is 2. The highest BCUT2D eigenvalue weighted by Gasteiger charge is 2.30. The van der Waals surface area contributed by atoms with Crippen LogP contribution in [0.5, 0.6) is 0 Å². The first kappa shape index (κ1) is 19.3. The SMILES string of the molecule is CCn1nnc2cc(C(=O)OC(C)C(=O)NC3CCCC(C)C3C)ccc21. The summed E-state index contributed by atoms with van der Waals surface area (Å²) in [6.07, 6.45) is 2.44. The van der Waals surface area contributed by atoms with Gasteiger partial charge in [-0.3, -0.25) is 4.79 Å². The highest BCUT2D eigenvalue weighted by atomic mass is 16.5. The van der Waals surface area contributed by atoms with Crippen molar-refractivity contribution in [1.29, 1.82) is 0 Å². The fraction of sp³-hybridized carbons (Fsp3) is 0.600. The molecule has 1 heterocycles. The van der Waals surface area contributed by atoms with E-state index in [0.717, 1.165) is 18.4 Å². The maximum Gasteiger partial charge on any atom is 0.338 e. The van der Waals surface area contributed by atoms with Crippen molar-refractivity contribution in [3.8, 4) is 0 Å². The number of fused-ring (bicyclic) bond motifs is 1. The largest absolute Gasteiger partial charge is 0.449 e. The van der Waals surface area contributed by atoms with Crippen molar-refractivity contribution in [2.75, 3.05) is 0 Å². The maximum absolute atomic E-state index is 12.5. The number of nitrogens with zero attached hydrogens (tertiary/aromatic N) is 3. The molecule has 146 valence electrons. The molecule has 7 heteroatoms. The summed E-state index contributed by atoms with van der Waals surface area (Å²) in [5.74, 6) is 0.238. The van der Waals surface area contributed by atoms with E-state index < -0.39 is 12.1 Å². The van der Waals surface area contributed by atoms with Gasteiger partial charge < -0.3 is 10.1 Å². The summed E-state index contributed by atoms with van der Waals surface area (Å²) in [7, 11) is 0. The number of aryl methyl sites for hydroxylation is 1. The van der Waals surface area contributed by atoms with E-state index in [4.69, 9.17) is 4.74 Å². The Balaban J connectivity index is 1.62. The number of carbonyl (C=O) groups is 2. The van der Waals surface area contributed by atoms with Crippen LogP contribution in [0, 0.1) is 11.8 Å². The Hall–Kier alpha value is -2.44. The average molecular weight is 372 g/mol. The highest BCUT2D eigenvalue weighted by molar-refractivity contribution is 5.95. The fourth-order valence-corrected chi connectivity index (χ4v) is 3.70. The van der Waals surface area contributed by atoms with E-state index in [9.17, 15) is 9.59 Å². The quantitative estimate of drug-likeness (QED) is 0.816. The second-order valence-corrected chi connectivity index (χ2v) is 7.54. The van der Waals surface area contributed by atoms with E-state index >= 15 is 0 Å². The van der Waals surface area contributed by atoms with Gasteiger partial charge in [-0.1, -0.05) is 31.9 Å². The molecule has 4 atom stereocenters. The Kier molecular flexibility index (Phi) is 5.77. The van der Waals surface area contributed by atoms with Crippen molar-refractivity contribution in [2.45, 2.75) is 65.6 Å². The second-order valence-electron chi connectivity index (χ2n) is 7.54. The number of ether oxygens (including phenoxy) is 1. The van der Waals surface area contributed by atoms with Crippen LogP contribution < -0.4 is 5.32 Å². The molecule has 1 aromatic carbocycles. The molecule has 4 unspecified atom stereocenters. The van der Waals surface area contributed by atoms with Crippen LogP contribution >= 0.6 is 0 Å². The molecule has 2 aromatic rings. The van der Waals surface area contributed by atoms with Crippen molar-refractivity contribution < 1.29 is 14.3 Å². The lowest BCUT2D eigenvalue weighted by Crippen LogP contribution is -2.47. The van der Waals surface area contributed by atoms with Crippen LogP contribution in [0.15, 0.2) is 18.2 Å². The minimum Gasteiger partial charge on any atom is -0.449 e. The Bertz CT molecular complexity index is 832. The number of esters is 1. The number of amides is 1. The number of hydrogen-bond donors (Lipinski definition) is 1. The van der Waals surface area contributed by atoms with Crippen LogP contribution in [0.3, 0.4) is 0 Å². The summed E-state index contributed by atoms with van der Waals surface area (Å²) >= 11 is 0. The molecule has 1 amide bonds. The van der Waals surface area contributed by atoms with Gasteiger partial charge >= 0.3 is 5.97 Å². The van der Waals surface area contributed by atoms with Gasteiger partial charge in [-0.15, -0.1) is 5.10 Å². The second kappa shape index (κ2) is 8.06. The minimum absolute atomic E-state index is 0.142. The zero-order chi connectivity index (χ0) is 19.6. The van der Waals surface area contributed by atoms with Crippen LogP contribution in [0.4, 0.5) is 0 Å². The molecule has 1 N–H and O–H groups in total. The summed E-state index contributed by atoms with van der Waals surface area (Å²) in [6.45, 7) is 8.68. The predicted octanol–water partition coefficient (Wildman–Crippen LogP) is 2.94. The Morgan fingerprint density at radius 2 is 2.11 bits per heavy atom. The van der Waals surface area contributed by atoms with Gasteiger partial charge in [0.2, 0.25) is 0 Å². The van der Waals surface area contributed by atoms with Gasteiger partial charge in [0.25, 0.3) is 5.91 Å². The zero-order valence-corrected chi connectivity index (χ0v) is 16.4. The molecule has 3 rings (SSSR count). The van der Waals surface area contributed by atoms with E-state index in [1.807, 2.05) is 6.92 Å². The molecule has 27 heavy (non-hydrogen) atoms.